The van der Waals surface area contributed by atoms with Gasteiger partial charge in [-0.25, -0.2) is 0 Å². The van der Waals surface area contributed by atoms with Gasteiger partial charge in [0.1, 0.15) is 0 Å². The molecule has 0 amide bonds. The third kappa shape index (κ3) is 2.84. The topological polar surface area (TPSA) is 0 Å². The van der Waals surface area contributed by atoms with Crippen molar-refractivity contribution in [3.05, 3.63) is 0 Å². The monoisotopic (exact) mass is 344 g/mol. The van der Waals surface area contributed by atoms with Gasteiger partial charge in [-0.05, 0) is 95.7 Å². The maximum absolute atomic E-state index is 2.61. The highest BCUT2D eigenvalue weighted by molar-refractivity contribution is 5.16. The van der Waals surface area contributed by atoms with E-state index in [4.69, 9.17) is 0 Å². The quantitative estimate of drug-likeness (QED) is 0.466. The summed E-state index contributed by atoms with van der Waals surface area (Å²) in [6.45, 7) is 20.2. The molecule has 0 saturated heterocycles. The third-order valence-corrected chi connectivity index (χ3v) is 10.1. The smallest absolute Gasteiger partial charge is 0.0318 e. The van der Waals surface area contributed by atoms with Crippen LogP contribution in [0.2, 0.25) is 0 Å². The molecule has 4 rings (SSSR count). The molecular formula is C25H44. The average molecular weight is 345 g/mol. The molecule has 0 heterocycles. The van der Waals surface area contributed by atoms with Crippen molar-refractivity contribution < 1.29 is 0 Å². The molecule has 4 saturated carbocycles. The maximum atomic E-state index is 2.61. The molecule has 0 bridgehead atoms. The molecule has 0 heteroatoms. The van der Waals surface area contributed by atoms with Gasteiger partial charge in [0.15, 0.2) is 0 Å². The van der Waals surface area contributed by atoms with E-state index in [1.54, 1.807) is 0 Å². The van der Waals surface area contributed by atoms with Crippen molar-refractivity contribution in [1.29, 1.82) is 0 Å². The van der Waals surface area contributed by atoms with Gasteiger partial charge in [0.2, 0.25) is 0 Å². The molecule has 0 radical (unpaired) electrons. The van der Waals surface area contributed by atoms with Gasteiger partial charge >= 0.3 is 0 Å². The molecule has 0 spiro atoms. The first-order valence-electron chi connectivity index (χ1n) is 11.8. The summed E-state index contributed by atoms with van der Waals surface area (Å²) in [4.78, 5) is 0. The molecule has 0 aromatic heterocycles. The van der Waals surface area contributed by atoms with Crippen molar-refractivity contribution in [2.75, 3.05) is 0 Å². The van der Waals surface area contributed by atoms with Crippen molar-refractivity contribution >= 4 is 0 Å². The lowest BCUT2D eigenvalue weighted by Gasteiger charge is -2.47. The Morgan fingerprint density at radius 2 is 1.40 bits per heavy atom. The second-order valence-electron chi connectivity index (χ2n) is 11.5. The van der Waals surface area contributed by atoms with Crippen LogP contribution in [0.5, 0.6) is 0 Å². The van der Waals surface area contributed by atoms with Gasteiger partial charge in [0, 0.05) is 0 Å². The molecule has 0 aliphatic heterocycles. The molecule has 0 aromatic rings. The summed E-state index contributed by atoms with van der Waals surface area (Å²) in [7, 11) is 0. The van der Waals surface area contributed by atoms with E-state index in [9.17, 15) is 0 Å². The number of hydrogen-bond donors (Lipinski definition) is 0. The van der Waals surface area contributed by atoms with Crippen molar-refractivity contribution in [3.8, 4) is 0 Å². The molecule has 4 aliphatic carbocycles. The van der Waals surface area contributed by atoms with Gasteiger partial charge in [-0.2, -0.15) is 0 Å². The van der Waals surface area contributed by atoms with Crippen LogP contribution in [0.1, 0.15) is 74.7 Å². The zero-order valence-corrected chi connectivity index (χ0v) is 18.2. The predicted octanol–water partition coefficient (Wildman–Crippen LogP) is 7.00. The van der Waals surface area contributed by atoms with E-state index in [1.807, 2.05) is 0 Å². The van der Waals surface area contributed by atoms with Crippen molar-refractivity contribution in [2.45, 2.75) is 74.7 Å². The highest BCUT2D eigenvalue weighted by atomic mass is 14.7. The zero-order chi connectivity index (χ0) is 18.2. The van der Waals surface area contributed by atoms with Gasteiger partial charge < -0.3 is 0 Å². The van der Waals surface area contributed by atoms with Crippen LogP contribution in [0.15, 0.2) is 0 Å². The Morgan fingerprint density at radius 3 is 1.92 bits per heavy atom. The minimum atomic E-state index is 0.899. The Morgan fingerprint density at radius 1 is 0.760 bits per heavy atom. The van der Waals surface area contributed by atoms with Crippen LogP contribution in [0.3, 0.4) is 0 Å². The molecule has 13 atom stereocenters. The molecule has 4 aliphatic rings. The zero-order valence-electron chi connectivity index (χ0n) is 18.2. The largest absolute Gasteiger partial charge is 0.0651 e. The minimum absolute atomic E-state index is 0.899. The van der Waals surface area contributed by atoms with E-state index in [2.05, 4.69) is 55.4 Å². The normalized spacial score (nSPS) is 58.0. The molecule has 0 aromatic carbocycles. The first kappa shape index (κ1) is 18.4. The number of hydrogen-bond acceptors (Lipinski definition) is 0. The van der Waals surface area contributed by atoms with Crippen LogP contribution in [-0.4, -0.2) is 0 Å². The number of rotatable bonds is 7. The van der Waals surface area contributed by atoms with E-state index in [-0.39, 0.29) is 0 Å². The lowest BCUT2D eigenvalue weighted by molar-refractivity contribution is 0.0250. The summed E-state index contributed by atoms with van der Waals surface area (Å²) in [5.74, 6) is 14.6. The van der Waals surface area contributed by atoms with Gasteiger partial charge in [-0.1, -0.05) is 61.8 Å². The van der Waals surface area contributed by atoms with E-state index in [1.165, 1.54) is 19.3 Å². The summed E-state index contributed by atoms with van der Waals surface area (Å²) in [6, 6.07) is 0. The van der Waals surface area contributed by atoms with Gasteiger partial charge in [0.25, 0.3) is 0 Å². The van der Waals surface area contributed by atoms with Crippen LogP contribution in [0, 0.1) is 82.9 Å². The standard InChI is InChI=1S/C25H44/c1-9-18-15(6)22(18)24-17(8)25(24)23-16(7)21(23)14(5)11-20-13(4)10-19(20)12(2)3/h12-25H,9-11H2,1-8H3. The first-order valence-corrected chi connectivity index (χ1v) is 11.8. The summed E-state index contributed by atoms with van der Waals surface area (Å²) in [6.07, 6.45) is 4.45. The van der Waals surface area contributed by atoms with Gasteiger partial charge in [-0.15, -0.1) is 0 Å². The molecular weight excluding hydrogens is 300 g/mol. The predicted molar refractivity (Wildman–Crippen MR) is 108 cm³/mol. The third-order valence-electron chi connectivity index (χ3n) is 10.1. The molecule has 0 nitrogen and oxygen atoms in total. The highest BCUT2D eigenvalue weighted by Gasteiger charge is 2.69. The summed E-state index contributed by atoms with van der Waals surface area (Å²) in [5.41, 5.74) is 0. The fraction of sp³-hybridized carbons (Fsp3) is 1.00. The SMILES string of the molecule is CCC1C(C)C1C1C(C)C1C1C(C)C1C(C)CC1C(C)CC1C(C)C. The van der Waals surface area contributed by atoms with Crippen LogP contribution >= 0.6 is 0 Å². The van der Waals surface area contributed by atoms with Gasteiger partial charge in [-0.3, -0.25) is 0 Å². The van der Waals surface area contributed by atoms with Crippen LogP contribution < -0.4 is 0 Å². The van der Waals surface area contributed by atoms with E-state index in [0.717, 1.165) is 82.9 Å². The van der Waals surface area contributed by atoms with E-state index >= 15 is 0 Å². The summed E-state index contributed by atoms with van der Waals surface area (Å²) < 4.78 is 0. The van der Waals surface area contributed by atoms with E-state index < -0.39 is 0 Å². The molecule has 4 fully saturated rings. The molecule has 0 N–H and O–H groups in total. The fourth-order valence-corrected chi connectivity index (χ4v) is 8.40. The molecule has 13 unspecified atom stereocenters. The lowest BCUT2D eigenvalue weighted by atomic mass is 9.58. The molecule has 25 heavy (non-hydrogen) atoms. The van der Waals surface area contributed by atoms with Crippen molar-refractivity contribution in [3.63, 3.8) is 0 Å². The Labute approximate surface area is 157 Å². The molecule has 144 valence electrons. The van der Waals surface area contributed by atoms with Crippen LogP contribution in [-0.2, 0) is 0 Å². The first-order chi connectivity index (χ1) is 11.8. The van der Waals surface area contributed by atoms with E-state index in [0.29, 0.717) is 0 Å². The van der Waals surface area contributed by atoms with Crippen molar-refractivity contribution in [2.24, 2.45) is 82.9 Å². The maximum Gasteiger partial charge on any atom is -0.0318 e. The Hall–Kier alpha value is 0. The van der Waals surface area contributed by atoms with Gasteiger partial charge in [0.05, 0.1) is 0 Å². The highest BCUT2D eigenvalue weighted by Crippen LogP contribution is 2.73. The minimum Gasteiger partial charge on any atom is -0.0651 e. The van der Waals surface area contributed by atoms with Crippen LogP contribution in [0.25, 0.3) is 0 Å². The average Bonchev–Trinajstić information content (AvgIpc) is 3.47. The Kier molecular flexibility index (Phi) is 4.61. The lowest BCUT2D eigenvalue weighted by Crippen LogP contribution is -2.39. The van der Waals surface area contributed by atoms with Crippen LogP contribution in [0.4, 0.5) is 0 Å². The Balaban J connectivity index is 1.33. The fourth-order valence-electron chi connectivity index (χ4n) is 8.40. The second-order valence-corrected chi connectivity index (χ2v) is 11.5. The summed E-state index contributed by atoms with van der Waals surface area (Å²) >= 11 is 0. The Bertz CT molecular complexity index is 492. The van der Waals surface area contributed by atoms with Crippen molar-refractivity contribution in [1.82, 2.24) is 0 Å². The second kappa shape index (κ2) is 6.27. The summed E-state index contributed by atoms with van der Waals surface area (Å²) in [5, 5.41) is 0.